The summed E-state index contributed by atoms with van der Waals surface area (Å²) in [7, 11) is 0. The van der Waals surface area contributed by atoms with Crippen LogP contribution in [0.2, 0.25) is 0 Å². The molecule has 2 N–H and O–H groups in total. The molecule has 0 fully saturated rings. The van der Waals surface area contributed by atoms with Crippen molar-refractivity contribution in [1.29, 1.82) is 0 Å². The predicted octanol–water partition coefficient (Wildman–Crippen LogP) is 4.11. The maximum atomic E-state index is 11.2. The molecule has 23 heavy (non-hydrogen) atoms. The lowest BCUT2D eigenvalue weighted by Gasteiger charge is -2.15. The van der Waals surface area contributed by atoms with Crippen molar-refractivity contribution in [3.05, 3.63) is 57.6 Å². The molecule has 0 aromatic heterocycles. The molecule has 0 bridgehead atoms. The van der Waals surface area contributed by atoms with Gasteiger partial charge in [0.2, 0.25) is 0 Å². The molecule has 0 aliphatic carbocycles. The summed E-state index contributed by atoms with van der Waals surface area (Å²) in [5, 5.41) is 18.2. The molecule has 0 saturated heterocycles. The number of carboxylic acid groups (broad SMARTS) is 2. The Hall–Kier alpha value is -2.82. The van der Waals surface area contributed by atoms with Crippen LogP contribution in [0, 0.1) is 27.7 Å². The Bertz CT molecular complexity index is 806. The molecule has 0 unspecified atom stereocenters. The number of hydrogen-bond acceptors (Lipinski definition) is 3. The van der Waals surface area contributed by atoms with Crippen molar-refractivity contribution in [3.8, 4) is 11.5 Å². The van der Waals surface area contributed by atoms with E-state index in [1.54, 1.807) is 0 Å². The highest BCUT2D eigenvalue weighted by Crippen LogP contribution is 2.31. The summed E-state index contributed by atoms with van der Waals surface area (Å²) in [5.41, 5.74) is 3.77. The van der Waals surface area contributed by atoms with Crippen molar-refractivity contribution < 1.29 is 24.5 Å². The molecule has 2 aromatic carbocycles. The Kier molecular flexibility index (Phi) is 4.40. The van der Waals surface area contributed by atoms with E-state index >= 15 is 0 Å². The molecule has 2 rings (SSSR count). The number of carboxylic acids is 2. The van der Waals surface area contributed by atoms with Crippen LogP contribution in [0.3, 0.4) is 0 Å². The molecule has 0 spiro atoms. The van der Waals surface area contributed by atoms with Gasteiger partial charge in [-0.2, -0.15) is 0 Å². The summed E-state index contributed by atoms with van der Waals surface area (Å²) in [4.78, 5) is 22.3. The monoisotopic (exact) mass is 314 g/mol. The Morgan fingerprint density at radius 1 is 0.826 bits per heavy atom. The number of rotatable bonds is 4. The van der Waals surface area contributed by atoms with Crippen LogP contribution in [0.15, 0.2) is 24.3 Å². The summed E-state index contributed by atoms with van der Waals surface area (Å²) in [6.07, 6.45) is 0. The van der Waals surface area contributed by atoms with Crippen LogP contribution < -0.4 is 4.74 Å². The van der Waals surface area contributed by atoms with E-state index in [1.165, 1.54) is 23.8 Å². The number of aromatic carboxylic acids is 2. The molecule has 120 valence electrons. The zero-order valence-corrected chi connectivity index (χ0v) is 13.4. The van der Waals surface area contributed by atoms with Crippen LogP contribution in [-0.2, 0) is 0 Å². The highest BCUT2D eigenvalue weighted by atomic mass is 16.5. The minimum absolute atomic E-state index is 0.266. The summed E-state index contributed by atoms with van der Waals surface area (Å²) in [6.45, 7) is 7.94. The number of ether oxygens (including phenoxy) is 1. The largest absolute Gasteiger partial charge is 0.478 e. The molecular formula is C18H18O5. The van der Waals surface area contributed by atoms with Crippen LogP contribution >= 0.6 is 0 Å². The Morgan fingerprint density at radius 2 is 1.43 bits per heavy atom. The third kappa shape index (κ3) is 3.18. The van der Waals surface area contributed by atoms with Crippen LogP contribution in [-0.4, -0.2) is 22.2 Å². The summed E-state index contributed by atoms with van der Waals surface area (Å²) < 4.78 is 5.80. The number of aryl methyl sites for hydroxylation is 1. The first kappa shape index (κ1) is 16.5. The minimum atomic E-state index is -1.30. The second-order valence-electron chi connectivity index (χ2n) is 5.49. The summed E-state index contributed by atoms with van der Waals surface area (Å²) in [6, 6.07) is 5.82. The first-order chi connectivity index (χ1) is 10.7. The second-order valence-corrected chi connectivity index (χ2v) is 5.49. The van der Waals surface area contributed by atoms with E-state index in [0.29, 0.717) is 5.75 Å². The topological polar surface area (TPSA) is 83.8 Å². The average molecular weight is 314 g/mol. The zero-order chi connectivity index (χ0) is 17.3. The second kappa shape index (κ2) is 6.12. The van der Waals surface area contributed by atoms with Gasteiger partial charge in [0, 0.05) is 0 Å². The van der Waals surface area contributed by atoms with Crippen molar-refractivity contribution in [2.75, 3.05) is 0 Å². The van der Waals surface area contributed by atoms with Gasteiger partial charge in [0.25, 0.3) is 0 Å². The van der Waals surface area contributed by atoms with Crippen molar-refractivity contribution in [3.63, 3.8) is 0 Å². The number of hydrogen-bond donors (Lipinski definition) is 2. The molecule has 5 nitrogen and oxygen atoms in total. The number of carbonyl (C=O) groups is 2. The predicted molar refractivity (Wildman–Crippen MR) is 85.8 cm³/mol. The van der Waals surface area contributed by atoms with E-state index in [0.717, 1.165) is 16.7 Å². The van der Waals surface area contributed by atoms with E-state index in [1.807, 2.05) is 33.8 Å². The van der Waals surface area contributed by atoms with Gasteiger partial charge in [0.1, 0.15) is 11.5 Å². The van der Waals surface area contributed by atoms with Crippen LogP contribution in [0.25, 0.3) is 0 Å². The van der Waals surface area contributed by atoms with Gasteiger partial charge in [-0.05, 0) is 74.2 Å². The van der Waals surface area contributed by atoms with Gasteiger partial charge >= 0.3 is 11.9 Å². The highest BCUT2D eigenvalue weighted by Gasteiger charge is 2.17. The smallest absolute Gasteiger partial charge is 0.336 e. The van der Waals surface area contributed by atoms with Gasteiger partial charge in [-0.1, -0.05) is 0 Å². The Balaban J connectivity index is 2.48. The zero-order valence-electron chi connectivity index (χ0n) is 13.4. The normalized spacial score (nSPS) is 10.4. The highest BCUT2D eigenvalue weighted by molar-refractivity contribution is 6.02. The van der Waals surface area contributed by atoms with Gasteiger partial charge in [-0.15, -0.1) is 0 Å². The van der Waals surface area contributed by atoms with E-state index in [2.05, 4.69) is 0 Å². The molecule has 0 heterocycles. The molecule has 0 aliphatic rings. The molecule has 0 atom stereocenters. The van der Waals surface area contributed by atoms with Gasteiger partial charge in [-0.25, -0.2) is 9.59 Å². The summed E-state index contributed by atoms with van der Waals surface area (Å²) in [5.74, 6) is -1.67. The number of benzene rings is 2. The Morgan fingerprint density at radius 3 is 2.00 bits per heavy atom. The van der Waals surface area contributed by atoms with Crippen LogP contribution in [0.5, 0.6) is 11.5 Å². The van der Waals surface area contributed by atoms with Gasteiger partial charge < -0.3 is 14.9 Å². The van der Waals surface area contributed by atoms with Crippen molar-refractivity contribution in [2.24, 2.45) is 0 Å². The third-order valence-electron chi connectivity index (χ3n) is 4.11. The van der Waals surface area contributed by atoms with Gasteiger partial charge in [-0.3, -0.25) is 0 Å². The van der Waals surface area contributed by atoms with E-state index in [4.69, 9.17) is 14.9 Å². The maximum Gasteiger partial charge on any atom is 0.336 e. The fraction of sp³-hybridized carbons (Fsp3) is 0.222. The average Bonchev–Trinajstić information content (AvgIpc) is 2.50. The van der Waals surface area contributed by atoms with E-state index < -0.39 is 11.9 Å². The standard InChI is InChI=1S/C18H18O5/c1-9-7-16(12(4)11(3)10(9)2)23-13-5-6-14(17(19)20)15(8-13)18(21)22/h5-8H,1-4H3,(H,19,20)(H,21,22). The minimum Gasteiger partial charge on any atom is -0.478 e. The molecule has 0 radical (unpaired) electrons. The molecule has 0 saturated carbocycles. The van der Waals surface area contributed by atoms with E-state index in [-0.39, 0.29) is 16.9 Å². The lowest BCUT2D eigenvalue weighted by atomic mass is 9.99. The first-order valence-electron chi connectivity index (χ1n) is 7.08. The lowest BCUT2D eigenvalue weighted by molar-refractivity contribution is 0.0651. The van der Waals surface area contributed by atoms with Crippen LogP contribution in [0.4, 0.5) is 0 Å². The first-order valence-corrected chi connectivity index (χ1v) is 7.08. The Labute approximate surface area is 134 Å². The van der Waals surface area contributed by atoms with Crippen molar-refractivity contribution in [2.45, 2.75) is 27.7 Å². The van der Waals surface area contributed by atoms with Crippen LogP contribution in [0.1, 0.15) is 43.0 Å². The summed E-state index contributed by atoms with van der Waals surface area (Å²) >= 11 is 0. The fourth-order valence-electron chi connectivity index (χ4n) is 2.36. The van der Waals surface area contributed by atoms with E-state index in [9.17, 15) is 9.59 Å². The third-order valence-corrected chi connectivity index (χ3v) is 4.11. The molecule has 0 amide bonds. The SMILES string of the molecule is Cc1cc(Oc2ccc(C(=O)O)c(C(=O)O)c2)c(C)c(C)c1C. The molecular weight excluding hydrogens is 296 g/mol. The molecule has 5 heteroatoms. The maximum absolute atomic E-state index is 11.2. The molecule has 0 aliphatic heterocycles. The van der Waals surface area contributed by atoms with Crippen molar-refractivity contribution >= 4 is 11.9 Å². The van der Waals surface area contributed by atoms with Crippen molar-refractivity contribution in [1.82, 2.24) is 0 Å². The van der Waals surface area contributed by atoms with Gasteiger partial charge in [0.05, 0.1) is 11.1 Å². The fourth-order valence-corrected chi connectivity index (χ4v) is 2.36. The van der Waals surface area contributed by atoms with Gasteiger partial charge in [0.15, 0.2) is 0 Å². The molecule has 2 aromatic rings. The lowest BCUT2D eigenvalue weighted by Crippen LogP contribution is -2.08. The quantitative estimate of drug-likeness (QED) is 0.887.